The minimum absolute atomic E-state index is 0.194. The first kappa shape index (κ1) is 17.1. The van der Waals surface area contributed by atoms with Gasteiger partial charge >= 0.3 is 0 Å². The van der Waals surface area contributed by atoms with E-state index in [1.165, 1.54) is 7.05 Å². The third-order valence-corrected chi connectivity index (χ3v) is 3.81. The lowest BCUT2D eigenvalue weighted by molar-refractivity contribution is 0.207. The Labute approximate surface area is 130 Å². The zero-order chi connectivity index (χ0) is 15.0. The Kier molecular flexibility index (Phi) is 7.70. The maximum atomic E-state index is 11.2. The standard InChI is InChI=1S/C16H23BrNO2/c1-4-20-13(2)16(7-5-6-12-17)14-8-10-15(11-9-14)18(3)19/h8-11,16H,2,4-7,12H2,1,3H3/q-1. The summed E-state index contributed by atoms with van der Waals surface area (Å²) in [6, 6.07) is 7.68. The Balaban J connectivity index is 2.82. The summed E-state index contributed by atoms with van der Waals surface area (Å²) in [6.45, 7) is 6.65. The molecule has 1 aromatic rings. The molecule has 1 aromatic carbocycles. The second-order valence-corrected chi connectivity index (χ2v) is 5.52. The van der Waals surface area contributed by atoms with Gasteiger partial charge in [0.15, 0.2) is 0 Å². The van der Waals surface area contributed by atoms with Gasteiger partial charge in [-0.25, -0.2) is 0 Å². The summed E-state index contributed by atoms with van der Waals surface area (Å²) in [6.07, 6.45) is 3.26. The molecule has 0 radical (unpaired) electrons. The van der Waals surface area contributed by atoms with Crippen LogP contribution in [0.25, 0.3) is 0 Å². The predicted molar refractivity (Wildman–Crippen MR) is 89.4 cm³/mol. The summed E-state index contributed by atoms with van der Waals surface area (Å²) in [5.41, 5.74) is 1.82. The van der Waals surface area contributed by atoms with E-state index < -0.39 is 0 Å². The topological polar surface area (TPSA) is 35.5 Å². The van der Waals surface area contributed by atoms with E-state index >= 15 is 0 Å². The molecule has 0 amide bonds. The second-order valence-electron chi connectivity index (χ2n) is 4.73. The summed E-state index contributed by atoms with van der Waals surface area (Å²) < 4.78 is 5.59. The third-order valence-electron chi connectivity index (χ3n) is 3.25. The van der Waals surface area contributed by atoms with E-state index in [1.54, 1.807) is 0 Å². The maximum Gasteiger partial charge on any atom is 0.0962 e. The number of ether oxygens (including phenoxy) is 1. The number of hydroxylamine groups is 1. The van der Waals surface area contributed by atoms with Gasteiger partial charge in [0.1, 0.15) is 0 Å². The largest absolute Gasteiger partial charge is 0.758 e. The van der Waals surface area contributed by atoms with Crippen LogP contribution in [0.3, 0.4) is 0 Å². The molecule has 0 aromatic heterocycles. The van der Waals surface area contributed by atoms with Gasteiger partial charge in [0.05, 0.1) is 12.4 Å². The van der Waals surface area contributed by atoms with Gasteiger partial charge in [0.25, 0.3) is 0 Å². The molecular weight excluding hydrogens is 318 g/mol. The fourth-order valence-corrected chi connectivity index (χ4v) is 2.56. The first-order valence-electron chi connectivity index (χ1n) is 6.98. The summed E-state index contributed by atoms with van der Waals surface area (Å²) in [4.78, 5) is 0. The first-order chi connectivity index (χ1) is 9.60. The predicted octanol–water partition coefficient (Wildman–Crippen LogP) is 4.82. The van der Waals surface area contributed by atoms with Crippen molar-refractivity contribution in [2.24, 2.45) is 0 Å². The van der Waals surface area contributed by atoms with Crippen LogP contribution in [0.4, 0.5) is 5.69 Å². The molecule has 0 aliphatic rings. The number of hydrogen-bond donors (Lipinski definition) is 0. The van der Waals surface area contributed by atoms with Crippen LogP contribution < -0.4 is 5.06 Å². The normalized spacial score (nSPS) is 12.0. The van der Waals surface area contributed by atoms with Crippen LogP contribution in [-0.4, -0.2) is 19.0 Å². The maximum absolute atomic E-state index is 11.2. The summed E-state index contributed by atoms with van der Waals surface area (Å²) in [7, 11) is 1.50. The fourth-order valence-electron chi connectivity index (χ4n) is 2.16. The molecule has 1 unspecified atom stereocenters. The van der Waals surface area contributed by atoms with Crippen LogP contribution >= 0.6 is 15.9 Å². The van der Waals surface area contributed by atoms with Gasteiger partial charge in [0, 0.05) is 16.9 Å². The number of hydrogen-bond acceptors (Lipinski definition) is 3. The van der Waals surface area contributed by atoms with E-state index in [9.17, 15) is 5.21 Å². The molecule has 1 atom stereocenters. The first-order valence-corrected chi connectivity index (χ1v) is 8.10. The summed E-state index contributed by atoms with van der Waals surface area (Å²) in [5.74, 6) is 1.00. The molecule has 3 nitrogen and oxygen atoms in total. The highest BCUT2D eigenvalue weighted by Gasteiger charge is 2.16. The molecule has 0 heterocycles. The van der Waals surface area contributed by atoms with Crippen molar-refractivity contribution in [2.75, 3.05) is 24.0 Å². The highest BCUT2D eigenvalue weighted by Crippen LogP contribution is 2.30. The smallest absolute Gasteiger partial charge is 0.0962 e. The van der Waals surface area contributed by atoms with Crippen molar-refractivity contribution < 1.29 is 4.74 Å². The zero-order valence-corrected chi connectivity index (χ0v) is 13.9. The zero-order valence-electron chi connectivity index (χ0n) is 12.3. The second kappa shape index (κ2) is 9.03. The van der Waals surface area contributed by atoms with Crippen molar-refractivity contribution in [3.8, 4) is 0 Å². The monoisotopic (exact) mass is 340 g/mol. The van der Waals surface area contributed by atoms with Gasteiger partial charge in [0.2, 0.25) is 0 Å². The minimum Gasteiger partial charge on any atom is -0.758 e. The van der Waals surface area contributed by atoms with Crippen LogP contribution in [0.1, 0.15) is 37.7 Å². The number of alkyl halides is 1. The van der Waals surface area contributed by atoms with Crippen molar-refractivity contribution in [1.29, 1.82) is 0 Å². The molecule has 20 heavy (non-hydrogen) atoms. The van der Waals surface area contributed by atoms with Gasteiger partial charge < -0.3 is 15.0 Å². The quantitative estimate of drug-likeness (QED) is 0.280. The van der Waals surface area contributed by atoms with E-state index in [0.717, 1.165) is 41.0 Å². The Bertz CT molecular complexity index is 403. The highest BCUT2D eigenvalue weighted by molar-refractivity contribution is 9.09. The number of unbranched alkanes of at least 4 members (excludes halogenated alkanes) is 1. The molecule has 0 fully saturated rings. The Morgan fingerprint density at radius 2 is 2.00 bits per heavy atom. The minimum atomic E-state index is 0.194. The van der Waals surface area contributed by atoms with E-state index in [4.69, 9.17) is 4.74 Å². The Morgan fingerprint density at radius 1 is 1.35 bits per heavy atom. The van der Waals surface area contributed by atoms with Crippen LogP contribution in [-0.2, 0) is 4.74 Å². The molecule has 1 rings (SSSR count). The molecule has 0 aliphatic carbocycles. The van der Waals surface area contributed by atoms with Crippen molar-refractivity contribution in [1.82, 2.24) is 0 Å². The number of rotatable bonds is 9. The summed E-state index contributed by atoms with van der Waals surface area (Å²) >= 11 is 3.46. The van der Waals surface area contributed by atoms with Gasteiger partial charge in [-0.2, -0.15) is 0 Å². The molecular formula is C16H23BrNO2-. The molecule has 112 valence electrons. The Hall–Kier alpha value is -1.00. The van der Waals surface area contributed by atoms with Crippen molar-refractivity contribution in [3.63, 3.8) is 0 Å². The lowest BCUT2D eigenvalue weighted by atomic mass is 9.92. The number of nitrogens with zero attached hydrogens (tertiary/aromatic N) is 1. The molecule has 0 N–H and O–H groups in total. The molecule has 0 saturated carbocycles. The SMILES string of the molecule is C=C(OCC)C(CCCCBr)c1ccc(N(C)[O-])cc1. The molecule has 0 spiro atoms. The van der Waals surface area contributed by atoms with Crippen molar-refractivity contribution in [2.45, 2.75) is 32.1 Å². The molecule has 0 saturated heterocycles. The average molecular weight is 341 g/mol. The molecule has 4 heteroatoms. The molecule has 0 aliphatic heterocycles. The average Bonchev–Trinajstić information content (AvgIpc) is 2.44. The fraction of sp³-hybridized carbons (Fsp3) is 0.500. The highest BCUT2D eigenvalue weighted by atomic mass is 79.9. The summed E-state index contributed by atoms with van der Waals surface area (Å²) in [5, 5.41) is 13.1. The van der Waals surface area contributed by atoms with Crippen LogP contribution in [0, 0.1) is 5.21 Å². The van der Waals surface area contributed by atoms with Gasteiger partial charge in [-0.05, 0) is 44.5 Å². The Morgan fingerprint density at radius 3 is 2.50 bits per heavy atom. The lowest BCUT2D eigenvalue weighted by Gasteiger charge is -2.26. The number of allylic oxidation sites excluding steroid dienone is 1. The van der Waals surface area contributed by atoms with Crippen LogP contribution in [0.2, 0.25) is 0 Å². The van der Waals surface area contributed by atoms with E-state index in [-0.39, 0.29) is 5.92 Å². The van der Waals surface area contributed by atoms with Crippen LogP contribution in [0.15, 0.2) is 36.6 Å². The van der Waals surface area contributed by atoms with Crippen molar-refractivity contribution in [3.05, 3.63) is 47.4 Å². The number of anilines is 1. The van der Waals surface area contributed by atoms with Gasteiger partial charge in [-0.1, -0.05) is 41.1 Å². The number of benzene rings is 1. The van der Waals surface area contributed by atoms with E-state index in [2.05, 4.69) is 22.5 Å². The van der Waals surface area contributed by atoms with Gasteiger partial charge in [-0.3, -0.25) is 0 Å². The third kappa shape index (κ3) is 5.17. The van der Waals surface area contributed by atoms with Crippen molar-refractivity contribution >= 4 is 21.6 Å². The number of halogens is 1. The van der Waals surface area contributed by atoms with E-state index in [0.29, 0.717) is 12.3 Å². The lowest BCUT2D eigenvalue weighted by Crippen LogP contribution is -2.08. The van der Waals surface area contributed by atoms with Crippen LogP contribution in [0.5, 0.6) is 0 Å². The van der Waals surface area contributed by atoms with E-state index in [1.807, 2.05) is 31.2 Å². The molecule has 0 bridgehead atoms. The van der Waals surface area contributed by atoms with Gasteiger partial charge in [-0.15, -0.1) is 0 Å².